The second-order valence-corrected chi connectivity index (χ2v) is 4.90. The Kier molecular flexibility index (Phi) is 5.04. The molecule has 10 heteroatoms. The van der Waals surface area contributed by atoms with Gasteiger partial charge in [-0.15, -0.1) is 10.2 Å². The number of nitrogens with zero attached hydrogens (tertiary/aromatic N) is 4. The minimum atomic E-state index is -3.14. The fraction of sp³-hybridized carbons (Fsp3) is 0.385. The minimum Gasteiger partial charge on any atom is -0.427 e. The molecule has 0 aliphatic rings. The first kappa shape index (κ1) is 16.6. The van der Waals surface area contributed by atoms with Gasteiger partial charge in [0.05, 0.1) is 4.92 Å². The highest BCUT2D eigenvalue weighted by atomic mass is 19.3. The molecule has 2 aromatic rings. The third-order valence-electron chi connectivity index (χ3n) is 3.17. The topological polar surface area (TPSA) is 95.1 Å². The summed E-state index contributed by atoms with van der Waals surface area (Å²) in [6.45, 7) is -0.779. The normalized spacial score (nSPS) is 12.2. The van der Waals surface area contributed by atoms with E-state index in [-0.39, 0.29) is 5.92 Å². The highest BCUT2D eigenvalue weighted by molar-refractivity contribution is 5.58. The Morgan fingerprint density at radius 2 is 2.22 bits per heavy atom. The van der Waals surface area contributed by atoms with Gasteiger partial charge >= 0.3 is 12.3 Å². The molecule has 1 atom stereocenters. The zero-order chi connectivity index (χ0) is 17.0. The summed E-state index contributed by atoms with van der Waals surface area (Å²) >= 11 is 0. The molecule has 0 aliphatic heterocycles. The molecule has 0 unspecified atom stereocenters. The number of ether oxygens (including phenoxy) is 1. The van der Waals surface area contributed by atoms with Gasteiger partial charge < -0.3 is 14.6 Å². The van der Waals surface area contributed by atoms with Crippen LogP contribution in [-0.4, -0.2) is 32.8 Å². The predicted molar refractivity (Wildman–Crippen MR) is 77.6 cm³/mol. The van der Waals surface area contributed by atoms with Crippen LogP contribution in [0.2, 0.25) is 0 Å². The van der Waals surface area contributed by atoms with Crippen molar-refractivity contribution in [2.75, 3.05) is 11.9 Å². The third-order valence-corrected chi connectivity index (χ3v) is 3.17. The number of hydrogen-bond acceptors (Lipinski definition) is 6. The average Bonchev–Trinajstić information content (AvgIpc) is 2.90. The van der Waals surface area contributed by atoms with Crippen molar-refractivity contribution in [2.45, 2.75) is 19.5 Å². The molecule has 0 saturated heterocycles. The molecule has 0 radical (unpaired) electrons. The van der Waals surface area contributed by atoms with Crippen LogP contribution in [0.3, 0.4) is 0 Å². The predicted octanol–water partition coefficient (Wildman–Crippen LogP) is 2.54. The van der Waals surface area contributed by atoms with Crippen molar-refractivity contribution in [2.24, 2.45) is 7.05 Å². The Labute approximate surface area is 130 Å². The minimum absolute atomic E-state index is 0.00263. The number of rotatable bonds is 7. The van der Waals surface area contributed by atoms with Gasteiger partial charge in [0.2, 0.25) is 5.75 Å². The largest absolute Gasteiger partial charge is 0.427 e. The number of alkyl halides is 2. The van der Waals surface area contributed by atoms with E-state index in [2.05, 4.69) is 20.3 Å². The van der Waals surface area contributed by atoms with Crippen molar-refractivity contribution >= 4 is 11.4 Å². The molecule has 0 spiro atoms. The standard InChI is InChI=1S/C13H15F2N5O3/c1-8(12-18-17-7-19(12)2)6-16-9-3-4-10(20(21)22)11(5-9)23-13(14)15/h3-5,7-8,13,16H,6H2,1-2H3/t8-/m0/s1. The molecule has 2 rings (SSSR count). The lowest BCUT2D eigenvalue weighted by atomic mass is 10.1. The van der Waals surface area contributed by atoms with Crippen molar-refractivity contribution < 1.29 is 18.4 Å². The maximum absolute atomic E-state index is 12.4. The first-order valence-electron chi connectivity index (χ1n) is 6.69. The quantitative estimate of drug-likeness (QED) is 0.620. The molecular formula is C13H15F2N5O3. The summed E-state index contributed by atoms with van der Waals surface area (Å²) < 4.78 is 30.7. The van der Waals surface area contributed by atoms with Crippen molar-refractivity contribution in [3.8, 4) is 5.75 Å². The molecule has 124 valence electrons. The number of aromatic nitrogens is 3. The third kappa shape index (κ3) is 4.11. The zero-order valence-corrected chi connectivity index (χ0v) is 12.4. The number of hydrogen-bond donors (Lipinski definition) is 1. The van der Waals surface area contributed by atoms with Gasteiger partial charge in [-0.05, 0) is 6.07 Å². The lowest BCUT2D eigenvalue weighted by molar-refractivity contribution is -0.386. The highest BCUT2D eigenvalue weighted by Crippen LogP contribution is 2.31. The molecule has 0 aliphatic carbocycles. The van der Waals surface area contributed by atoms with Gasteiger partial charge in [0.15, 0.2) is 0 Å². The second-order valence-electron chi connectivity index (χ2n) is 4.90. The van der Waals surface area contributed by atoms with Crippen LogP contribution < -0.4 is 10.1 Å². The summed E-state index contributed by atoms with van der Waals surface area (Å²) in [5.74, 6) is 0.266. The monoisotopic (exact) mass is 327 g/mol. The summed E-state index contributed by atoms with van der Waals surface area (Å²) in [5.41, 5.74) is -0.0857. The first-order chi connectivity index (χ1) is 10.9. The highest BCUT2D eigenvalue weighted by Gasteiger charge is 2.19. The number of halogens is 2. The van der Waals surface area contributed by atoms with E-state index >= 15 is 0 Å². The molecule has 1 aromatic carbocycles. The second kappa shape index (κ2) is 6.99. The molecule has 8 nitrogen and oxygen atoms in total. The Hall–Kier alpha value is -2.78. The van der Waals surface area contributed by atoms with E-state index in [1.54, 1.807) is 10.9 Å². The van der Waals surface area contributed by atoms with E-state index in [1.165, 1.54) is 12.1 Å². The van der Waals surface area contributed by atoms with Crippen LogP contribution in [0.15, 0.2) is 24.5 Å². The van der Waals surface area contributed by atoms with Crippen molar-refractivity contribution in [1.29, 1.82) is 0 Å². The number of nitro benzene ring substituents is 1. The van der Waals surface area contributed by atoms with Crippen LogP contribution in [0.5, 0.6) is 5.75 Å². The molecule has 1 heterocycles. The van der Waals surface area contributed by atoms with Gasteiger partial charge in [-0.1, -0.05) is 6.92 Å². The van der Waals surface area contributed by atoms with Gasteiger partial charge in [0, 0.05) is 37.3 Å². The summed E-state index contributed by atoms with van der Waals surface area (Å²) in [6.07, 6.45) is 1.58. The van der Waals surface area contributed by atoms with E-state index in [9.17, 15) is 18.9 Å². The van der Waals surface area contributed by atoms with E-state index in [4.69, 9.17) is 0 Å². The fourth-order valence-corrected chi connectivity index (χ4v) is 2.07. The zero-order valence-electron chi connectivity index (χ0n) is 12.4. The summed E-state index contributed by atoms with van der Waals surface area (Å²) in [7, 11) is 1.81. The number of nitro groups is 1. The summed E-state index contributed by atoms with van der Waals surface area (Å²) in [4.78, 5) is 10.0. The van der Waals surface area contributed by atoms with E-state index < -0.39 is 23.0 Å². The van der Waals surface area contributed by atoms with Gasteiger partial charge in [0.1, 0.15) is 12.2 Å². The van der Waals surface area contributed by atoms with E-state index in [1.807, 2.05) is 14.0 Å². The molecule has 0 bridgehead atoms. The maximum atomic E-state index is 12.4. The smallest absolute Gasteiger partial charge is 0.387 e. The van der Waals surface area contributed by atoms with E-state index in [0.29, 0.717) is 12.2 Å². The van der Waals surface area contributed by atoms with Gasteiger partial charge in [-0.2, -0.15) is 8.78 Å². The van der Waals surface area contributed by atoms with Gasteiger partial charge in [-0.3, -0.25) is 10.1 Å². The van der Waals surface area contributed by atoms with Crippen LogP contribution in [0.4, 0.5) is 20.2 Å². The lowest BCUT2D eigenvalue weighted by Crippen LogP contribution is -2.14. The van der Waals surface area contributed by atoms with Crippen LogP contribution in [0.1, 0.15) is 18.7 Å². The molecule has 0 fully saturated rings. The number of benzene rings is 1. The van der Waals surface area contributed by atoms with Crippen LogP contribution >= 0.6 is 0 Å². The van der Waals surface area contributed by atoms with Crippen LogP contribution in [0, 0.1) is 10.1 Å². The molecule has 23 heavy (non-hydrogen) atoms. The molecule has 0 saturated carbocycles. The molecule has 1 aromatic heterocycles. The van der Waals surface area contributed by atoms with Crippen LogP contribution in [0.25, 0.3) is 0 Å². The Bertz CT molecular complexity index is 692. The van der Waals surface area contributed by atoms with Gasteiger partial charge in [-0.25, -0.2) is 0 Å². The summed E-state index contributed by atoms with van der Waals surface area (Å²) in [6, 6.07) is 3.72. The molecular weight excluding hydrogens is 312 g/mol. The number of anilines is 1. The number of aryl methyl sites for hydroxylation is 1. The SMILES string of the molecule is C[C@@H](CNc1ccc([N+](=O)[O-])c(OC(F)F)c1)c1nncn1C. The molecule has 0 amide bonds. The van der Waals surface area contributed by atoms with Crippen molar-refractivity contribution in [1.82, 2.24) is 14.8 Å². The fourth-order valence-electron chi connectivity index (χ4n) is 2.07. The Balaban J connectivity index is 2.11. The first-order valence-corrected chi connectivity index (χ1v) is 6.69. The number of nitrogens with one attached hydrogen (secondary N) is 1. The lowest BCUT2D eigenvalue weighted by Gasteiger charge is -2.14. The maximum Gasteiger partial charge on any atom is 0.387 e. The summed E-state index contributed by atoms with van der Waals surface area (Å²) in [5, 5.41) is 21.6. The Morgan fingerprint density at radius 1 is 1.48 bits per heavy atom. The van der Waals surface area contributed by atoms with E-state index in [0.717, 1.165) is 11.9 Å². The van der Waals surface area contributed by atoms with Gasteiger partial charge in [0.25, 0.3) is 0 Å². The van der Waals surface area contributed by atoms with Crippen LogP contribution in [-0.2, 0) is 7.05 Å². The molecule has 1 N–H and O–H groups in total. The van der Waals surface area contributed by atoms with Crippen molar-refractivity contribution in [3.05, 3.63) is 40.5 Å². The average molecular weight is 327 g/mol. The Morgan fingerprint density at radius 3 is 2.78 bits per heavy atom. The van der Waals surface area contributed by atoms with Crippen molar-refractivity contribution in [3.63, 3.8) is 0 Å².